The lowest BCUT2D eigenvalue weighted by molar-refractivity contribution is -0.266. The van der Waals surface area contributed by atoms with Gasteiger partial charge in [0.2, 0.25) is 0 Å². The largest absolute Gasteiger partial charge is 0.508 e. The van der Waals surface area contributed by atoms with E-state index in [0.717, 1.165) is 29.9 Å². The normalized spacial score (nSPS) is 16.8. The van der Waals surface area contributed by atoms with Crippen molar-refractivity contribution in [3.63, 3.8) is 0 Å². The van der Waals surface area contributed by atoms with E-state index < -0.39 is 30.0 Å². The number of hydrogen-bond acceptors (Lipinski definition) is 5. The molecule has 1 unspecified atom stereocenters. The number of fused-ring (bicyclic) bond motifs is 1. The van der Waals surface area contributed by atoms with Gasteiger partial charge in [0.25, 0.3) is 0 Å². The van der Waals surface area contributed by atoms with Gasteiger partial charge in [0.15, 0.2) is 5.60 Å². The second-order valence-electron chi connectivity index (χ2n) is 11.3. The van der Waals surface area contributed by atoms with Crippen molar-refractivity contribution in [2.24, 2.45) is 0 Å². The number of halogens is 3. The third-order valence-electron chi connectivity index (χ3n) is 7.66. The summed E-state index contributed by atoms with van der Waals surface area (Å²) >= 11 is 0. The van der Waals surface area contributed by atoms with Crippen molar-refractivity contribution in [2.45, 2.75) is 50.4 Å². The molecule has 0 spiro atoms. The maximum Gasteiger partial charge on any atom is 0.417 e. The van der Waals surface area contributed by atoms with E-state index in [1.165, 1.54) is 6.07 Å². The van der Waals surface area contributed by atoms with Crippen molar-refractivity contribution in [2.75, 3.05) is 26.3 Å². The average Bonchev–Trinajstić information content (AvgIpc) is 3.30. The molecule has 1 fully saturated rings. The predicted octanol–water partition coefficient (Wildman–Crippen LogP) is 5.97. The van der Waals surface area contributed by atoms with Crippen LogP contribution in [0, 0.1) is 0 Å². The molecule has 2 aromatic carbocycles. The Kier molecular flexibility index (Phi) is 7.65. The number of pyridine rings is 1. The summed E-state index contributed by atoms with van der Waals surface area (Å²) in [7, 11) is 0. The number of aromatic nitrogens is 2. The number of aromatic amines is 1. The molecule has 0 aliphatic carbocycles. The summed E-state index contributed by atoms with van der Waals surface area (Å²) in [6.45, 7) is 6.78. The fraction of sp³-hybridized carbons (Fsp3) is 0.387. The topological polar surface area (TPSA) is 81.6 Å². The van der Waals surface area contributed by atoms with E-state index in [4.69, 9.17) is 4.74 Å². The summed E-state index contributed by atoms with van der Waals surface area (Å²) in [5, 5.41) is 21.9. The Balaban J connectivity index is 1.41. The number of ether oxygens (including phenoxy) is 1. The van der Waals surface area contributed by atoms with Gasteiger partial charge in [-0.25, -0.2) is 4.98 Å². The van der Waals surface area contributed by atoms with Gasteiger partial charge >= 0.3 is 6.18 Å². The van der Waals surface area contributed by atoms with E-state index in [9.17, 15) is 23.4 Å². The van der Waals surface area contributed by atoms with Crippen molar-refractivity contribution in [1.82, 2.24) is 14.9 Å². The van der Waals surface area contributed by atoms with Crippen LogP contribution in [-0.2, 0) is 23.1 Å². The lowest BCUT2D eigenvalue weighted by Crippen LogP contribution is -2.50. The Morgan fingerprint density at radius 2 is 1.68 bits per heavy atom. The van der Waals surface area contributed by atoms with Crippen LogP contribution in [0.5, 0.6) is 5.75 Å². The van der Waals surface area contributed by atoms with Crippen LogP contribution in [0.15, 0.2) is 66.7 Å². The monoisotopic (exact) mass is 553 g/mol. The van der Waals surface area contributed by atoms with E-state index in [1.54, 1.807) is 32.0 Å². The molecule has 0 amide bonds. The lowest BCUT2D eigenvalue weighted by atomic mass is 9.72. The van der Waals surface area contributed by atoms with Crippen molar-refractivity contribution in [1.29, 1.82) is 0 Å². The molecule has 2 aromatic heterocycles. The summed E-state index contributed by atoms with van der Waals surface area (Å²) in [5.74, 6) is -0.114. The molecule has 3 N–H and O–H groups in total. The minimum Gasteiger partial charge on any atom is -0.508 e. The highest BCUT2D eigenvalue weighted by molar-refractivity contribution is 5.76. The Bertz CT molecular complexity index is 1460. The van der Waals surface area contributed by atoms with Crippen LogP contribution in [0.25, 0.3) is 22.2 Å². The van der Waals surface area contributed by atoms with Gasteiger partial charge in [-0.3, -0.25) is 4.90 Å². The maximum absolute atomic E-state index is 14.5. The van der Waals surface area contributed by atoms with Gasteiger partial charge in [-0.05, 0) is 53.3 Å². The molecule has 9 heteroatoms. The quantitative estimate of drug-likeness (QED) is 0.251. The van der Waals surface area contributed by atoms with Crippen LogP contribution >= 0.6 is 0 Å². The number of rotatable bonds is 8. The molecule has 0 bridgehead atoms. The molecule has 212 valence electrons. The first-order valence-electron chi connectivity index (χ1n) is 13.4. The van der Waals surface area contributed by atoms with E-state index in [0.29, 0.717) is 36.4 Å². The number of benzene rings is 2. The second kappa shape index (κ2) is 10.9. The van der Waals surface area contributed by atoms with Gasteiger partial charge in [0, 0.05) is 37.3 Å². The number of morpholine rings is 1. The number of aliphatic hydroxyl groups is 1. The third kappa shape index (κ3) is 6.01. The van der Waals surface area contributed by atoms with Gasteiger partial charge in [-0.2, -0.15) is 13.2 Å². The first-order chi connectivity index (χ1) is 18.9. The first-order valence-corrected chi connectivity index (χ1v) is 13.4. The zero-order valence-electron chi connectivity index (χ0n) is 22.6. The number of alkyl halides is 3. The zero-order valence-corrected chi connectivity index (χ0v) is 22.6. The van der Waals surface area contributed by atoms with Gasteiger partial charge in [-0.1, -0.05) is 50.2 Å². The van der Waals surface area contributed by atoms with Crippen LogP contribution < -0.4 is 0 Å². The third-order valence-corrected chi connectivity index (χ3v) is 7.66. The average molecular weight is 554 g/mol. The SMILES string of the molecule is CC(C)(CC(O)(Cc1cc2nc(CN3CCOCC3)ccc2[nH]1)C(F)(F)F)c1cc(-c2ccccc2)ccc1O. The Morgan fingerprint density at radius 3 is 2.38 bits per heavy atom. The second-order valence-corrected chi connectivity index (χ2v) is 11.3. The number of phenols is 1. The summed E-state index contributed by atoms with van der Waals surface area (Å²) in [6, 6.07) is 19.6. The maximum atomic E-state index is 14.5. The van der Waals surface area contributed by atoms with Crippen molar-refractivity contribution in [3.8, 4) is 16.9 Å². The minimum absolute atomic E-state index is 0.114. The zero-order chi connectivity index (χ0) is 28.5. The summed E-state index contributed by atoms with van der Waals surface area (Å²) in [5.41, 5.74) is -0.0588. The molecule has 4 aromatic rings. The number of phenolic OH excluding ortho intramolecular Hbond substituents is 1. The number of H-pyrrole nitrogens is 1. The van der Waals surface area contributed by atoms with Crippen LogP contribution in [-0.4, -0.2) is 63.2 Å². The van der Waals surface area contributed by atoms with Crippen LogP contribution in [0.4, 0.5) is 13.2 Å². The van der Waals surface area contributed by atoms with Crippen LogP contribution in [0.1, 0.15) is 37.2 Å². The molecule has 1 aliphatic heterocycles. The predicted molar refractivity (Wildman–Crippen MR) is 148 cm³/mol. The van der Waals surface area contributed by atoms with Crippen molar-refractivity contribution >= 4 is 11.0 Å². The van der Waals surface area contributed by atoms with E-state index >= 15 is 0 Å². The first kappa shape index (κ1) is 28.1. The number of aromatic hydroxyl groups is 1. The van der Waals surface area contributed by atoms with Crippen LogP contribution in [0.2, 0.25) is 0 Å². The van der Waals surface area contributed by atoms with Crippen molar-refractivity contribution in [3.05, 3.63) is 83.7 Å². The molecular weight excluding hydrogens is 519 g/mol. The molecule has 3 heterocycles. The molecule has 1 saturated heterocycles. The summed E-state index contributed by atoms with van der Waals surface area (Å²) in [4.78, 5) is 9.88. The van der Waals surface area contributed by atoms with Gasteiger partial charge in [0.1, 0.15) is 5.75 Å². The number of nitrogens with one attached hydrogen (secondary N) is 1. The number of hydrogen-bond donors (Lipinski definition) is 3. The van der Waals surface area contributed by atoms with E-state index in [1.807, 2.05) is 42.5 Å². The molecular formula is C31H34F3N3O3. The molecule has 6 nitrogen and oxygen atoms in total. The van der Waals surface area contributed by atoms with Crippen LogP contribution in [0.3, 0.4) is 0 Å². The summed E-state index contributed by atoms with van der Waals surface area (Å²) in [6.07, 6.45) is -6.24. The fourth-order valence-corrected chi connectivity index (χ4v) is 5.57. The molecule has 0 saturated carbocycles. The Hall–Kier alpha value is -3.40. The highest BCUT2D eigenvalue weighted by Crippen LogP contribution is 2.45. The molecule has 1 atom stereocenters. The Labute approximate surface area is 231 Å². The van der Waals surface area contributed by atoms with Gasteiger partial charge < -0.3 is 19.9 Å². The molecule has 5 rings (SSSR count). The van der Waals surface area contributed by atoms with Crippen molar-refractivity contribution < 1.29 is 28.1 Å². The smallest absolute Gasteiger partial charge is 0.417 e. The highest BCUT2D eigenvalue weighted by atomic mass is 19.4. The molecule has 0 radical (unpaired) electrons. The van der Waals surface area contributed by atoms with E-state index in [-0.39, 0.29) is 11.4 Å². The van der Waals surface area contributed by atoms with Gasteiger partial charge in [0.05, 0.1) is 29.9 Å². The minimum atomic E-state index is -4.91. The highest BCUT2D eigenvalue weighted by Gasteiger charge is 2.56. The summed E-state index contributed by atoms with van der Waals surface area (Å²) < 4.78 is 48.9. The number of nitrogens with zero attached hydrogens (tertiary/aromatic N) is 2. The Morgan fingerprint density at radius 1 is 0.950 bits per heavy atom. The van der Waals surface area contributed by atoms with Gasteiger partial charge in [-0.15, -0.1) is 0 Å². The van der Waals surface area contributed by atoms with E-state index in [2.05, 4.69) is 14.9 Å². The lowest BCUT2D eigenvalue weighted by Gasteiger charge is -2.38. The molecule has 40 heavy (non-hydrogen) atoms. The fourth-order valence-electron chi connectivity index (χ4n) is 5.57. The standard InChI is InChI=1S/C31H34F3N3O3/c1-29(2,25-16-22(8-11-28(25)38)21-6-4-3-5-7-21)20-30(39,31(32,33)34)18-24-17-27-26(36-24)10-9-23(35-27)19-37-12-14-40-15-13-37/h3-11,16-17,36,38-39H,12-15,18-20H2,1-2H3. The molecule has 1 aliphatic rings.